The number of aryl methyl sites for hydroxylation is 1. The van der Waals surface area contributed by atoms with E-state index in [1.807, 2.05) is 31.2 Å². The highest BCUT2D eigenvalue weighted by Gasteiger charge is 2.12. The Balaban J connectivity index is 1.51. The minimum Gasteiger partial charge on any atom is -0.488 e. The van der Waals surface area contributed by atoms with Gasteiger partial charge in [0.15, 0.2) is 0 Å². The van der Waals surface area contributed by atoms with Gasteiger partial charge in [0, 0.05) is 12.1 Å². The van der Waals surface area contributed by atoms with Crippen LogP contribution in [0, 0.1) is 12.7 Å². The quantitative estimate of drug-likeness (QED) is 0.350. The number of carbonyl (C=O) groups is 2. The number of rotatable bonds is 7. The summed E-state index contributed by atoms with van der Waals surface area (Å²) < 4.78 is 18.8. The Morgan fingerprint density at radius 2 is 1.61 bits per heavy atom. The van der Waals surface area contributed by atoms with Crippen LogP contribution in [0.1, 0.15) is 22.3 Å². The van der Waals surface area contributed by atoms with Gasteiger partial charge in [0.1, 0.15) is 18.2 Å². The zero-order valence-corrected chi connectivity index (χ0v) is 17.0. The van der Waals surface area contributed by atoms with Crippen LogP contribution in [-0.4, -0.2) is 18.0 Å². The Kier molecular flexibility index (Phi) is 7.48. The molecule has 7 heteroatoms. The van der Waals surface area contributed by atoms with Crippen molar-refractivity contribution in [2.75, 3.05) is 0 Å². The first-order valence-electron chi connectivity index (χ1n) is 9.64. The summed E-state index contributed by atoms with van der Waals surface area (Å²) in [5.41, 5.74) is 5.64. The molecule has 158 valence electrons. The van der Waals surface area contributed by atoms with E-state index >= 15 is 0 Å². The molecular weight excluding hydrogens is 397 g/mol. The van der Waals surface area contributed by atoms with Gasteiger partial charge in [0.2, 0.25) is 0 Å². The monoisotopic (exact) mass is 419 g/mol. The van der Waals surface area contributed by atoms with E-state index in [2.05, 4.69) is 15.8 Å². The molecule has 31 heavy (non-hydrogen) atoms. The first-order chi connectivity index (χ1) is 15.0. The molecule has 3 rings (SSSR count). The highest BCUT2D eigenvalue weighted by atomic mass is 19.1. The van der Waals surface area contributed by atoms with Crippen LogP contribution in [-0.2, 0) is 22.7 Å². The fourth-order valence-corrected chi connectivity index (χ4v) is 2.64. The minimum atomic E-state index is -0.868. The molecule has 0 radical (unpaired) electrons. The van der Waals surface area contributed by atoms with Gasteiger partial charge < -0.3 is 10.1 Å². The number of halogens is 1. The minimum absolute atomic E-state index is 0.246. The summed E-state index contributed by atoms with van der Waals surface area (Å²) in [4.78, 5) is 23.9. The summed E-state index contributed by atoms with van der Waals surface area (Å²) in [6, 6.07) is 20.7. The second-order valence-corrected chi connectivity index (χ2v) is 6.82. The van der Waals surface area contributed by atoms with E-state index in [4.69, 9.17) is 4.74 Å². The number of amides is 2. The number of carbonyl (C=O) groups excluding carboxylic acids is 2. The van der Waals surface area contributed by atoms with E-state index in [1.54, 1.807) is 36.4 Å². The number of hydrogen-bond acceptors (Lipinski definition) is 4. The maximum Gasteiger partial charge on any atom is 0.329 e. The van der Waals surface area contributed by atoms with Crippen molar-refractivity contribution in [2.24, 2.45) is 5.10 Å². The number of para-hydroxylation sites is 1. The lowest BCUT2D eigenvalue weighted by Gasteiger charge is -2.09. The predicted octanol–water partition coefficient (Wildman–Crippen LogP) is 3.48. The van der Waals surface area contributed by atoms with E-state index in [0.717, 1.165) is 16.7 Å². The highest BCUT2D eigenvalue weighted by Crippen LogP contribution is 2.17. The van der Waals surface area contributed by atoms with Crippen LogP contribution in [0.2, 0.25) is 0 Å². The molecule has 3 aromatic carbocycles. The van der Waals surface area contributed by atoms with E-state index in [9.17, 15) is 14.0 Å². The summed E-state index contributed by atoms with van der Waals surface area (Å²) in [5.74, 6) is -1.42. The van der Waals surface area contributed by atoms with Gasteiger partial charge in [-0.1, -0.05) is 54.1 Å². The molecule has 0 aliphatic carbocycles. The molecule has 0 saturated heterocycles. The Bertz CT molecular complexity index is 1060. The Morgan fingerprint density at radius 3 is 2.35 bits per heavy atom. The maximum absolute atomic E-state index is 13.0. The summed E-state index contributed by atoms with van der Waals surface area (Å²) in [6.07, 6.45) is 1.39. The normalized spacial score (nSPS) is 10.6. The highest BCUT2D eigenvalue weighted by molar-refractivity contribution is 6.35. The molecular formula is C24H22FN3O3. The molecule has 6 nitrogen and oxygen atoms in total. The van der Waals surface area contributed by atoms with Crippen molar-refractivity contribution in [3.05, 3.63) is 101 Å². The van der Waals surface area contributed by atoms with E-state index in [-0.39, 0.29) is 19.0 Å². The number of nitrogens with zero attached hydrogens (tertiary/aromatic N) is 1. The molecule has 0 aliphatic heterocycles. The number of hydrogen-bond donors (Lipinski definition) is 2. The molecule has 0 unspecified atom stereocenters. The van der Waals surface area contributed by atoms with Crippen LogP contribution in [0.5, 0.6) is 5.75 Å². The van der Waals surface area contributed by atoms with Crippen LogP contribution in [0.3, 0.4) is 0 Å². The summed E-state index contributed by atoms with van der Waals surface area (Å²) in [5, 5.41) is 6.39. The zero-order valence-electron chi connectivity index (χ0n) is 17.0. The van der Waals surface area contributed by atoms with Gasteiger partial charge in [0.25, 0.3) is 0 Å². The van der Waals surface area contributed by atoms with Crippen LogP contribution < -0.4 is 15.5 Å². The molecule has 0 bridgehead atoms. The van der Waals surface area contributed by atoms with Crippen LogP contribution in [0.15, 0.2) is 77.9 Å². The van der Waals surface area contributed by atoms with Crippen molar-refractivity contribution in [3.63, 3.8) is 0 Å². The average molecular weight is 419 g/mol. The first kappa shape index (κ1) is 21.7. The van der Waals surface area contributed by atoms with Gasteiger partial charge >= 0.3 is 11.8 Å². The van der Waals surface area contributed by atoms with Crippen molar-refractivity contribution < 1.29 is 18.7 Å². The van der Waals surface area contributed by atoms with Crippen LogP contribution in [0.4, 0.5) is 4.39 Å². The van der Waals surface area contributed by atoms with Crippen molar-refractivity contribution in [1.82, 2.24) is 10.7 Å². The molecule has 0 atom stereocenters. The van der Waals surface area contributed by atoms with E-state index in [1.165, 1.54) is 18.3 Å². The second kappa shape index (κ2) is 10.7. The van der Waals surface area contributed by atoms with Crippen molar-refractivity contribution in [1.29, 1.82) is 0 Å². The molecule has 0 saturated carbocycles. The Hall–Kier alpha value is -4.00. The second-order valence-electron chi connectivity index (χ2n) is 6.82. The van der Waals surface area contributed by atoms with Crippen LogP contribution in [0.25, 0.3) is 0 Å². The molecule has 0 aromatic heterocycles. The van der Waals surface area contributed by atoms with Gasteiger partial charge in [-0.15, -0.1) is 0 Å². The van der Waals surface area contributed by atoms with Gasteiger partial charge in [-0.25, -0.2) is 9.82 Å². The van der Waals surface area contributed by atoms with Crippen molar-refractivity contribution >= 4 is 18.0 Å². The summed E-state index contributed by atoms with van der Waals surface area (Å²) >= 11 is 0. The molecule has 2 N–H and O–H groups in total. The average Bonchev–Trinajstić information content (AvgIpc) is 2.78. The SMILES string of the molecule is Cc1ccc(CNC(=O)C(=O)N/N=C\c2ccccc2OCc2ccc(F)cc2)cc1. The zero-order chi connectivity index (χ0) is 22.1. The molecule has 0 fully saturated rings. The molecule has 0 aliphatic rings. The summed E-state index contributed by atoms with van der Waals surface area (Å²) in [6.45, 7) is 2.47. The third-order valence-electron chi connectivity index (χ3n) is 4.38. The topological polar surface area (TPSA) is 79.8 Å². The fraction of sp³-hybridized carbons (Fsp3) is 0.125. The van der Waals surface area contributed by atoms with E-state index < -0.39 is 11.8 Å². The number of hydrazone groups is 1. The number of ether oxygens (including phenoxy) is 1. The maximum atomic E-state index is 13.0. The number of benzene rings is 3. The third-order valence-corrected chi connectivity index (χ3v) is 4.38. The largest absolute Gasteiger partial charge is 0.488 e. The van der Waals surface area contributed by atoms with Crippen LogP contribution >= 0.6 is 0 Å². The molecule has 2 amide bonds. The summed E-state index contributed by atoms with van der Waals surface area (Å²) in [7, 11) is 0. The number of nitrogens with one attached hydrogen (secondary N) is 2. The lowest BCUT2D eigenvalue weighted by atomic mass is 10.1. The lowest BCUT2D eigenvalue weighted by molar-refractivity contribution is -0.139. The first-order valence-corrected chi connectivity index (χ1v) is 9.64. The van der Waals surface area contributed by atoms with Gasteiger partial charge in [-0.05, 0) is 42.3 Å². The standard InChI is InChI=1S/C24H22FN3O3/c1-17-6-8-18(9-7-17)14-26-23(29)24(30)28-27-15-20-4-2-3-5-22(20)31-16-19-10-12-21(25)13-11-19/h2-13,15H,14,16H2,1H3,(H,26,29)(H,28,30)/b27-15-. The van der Waals surface area contributed by atoms with Crippen molar-refractivity contribution in [2.45, 2.75) is 20.1 Å². The third kappa shape index (κ3) is 6.78. The van der Waals surface area contributed by atoms with E-state index in [0.29, 0.717) is 11.3 Å². The Labute approximate surface area is 179 Å². The molecule has 0 spiro atoms. The lowest BCUT2D eigenvalue weighted by Crippen LogP contribution is -2.37. The van der Waals surface area contributed by atoms with Gasteiger partial charge in [-0.3, -0.25) is 9.59 Å². The molecule has 0 heterocycles. The van der Waals surface area contributed by atoms with Gasteiger partial charge in [0.05, 0.1) is 6.21 Å². The van der Waals surface area contributed by atoms with Gasteiger partial charge in [-0.2, -0.15) is 5.10 Å². The Morgan fingerprint density at radius 1 is 0.935 bits per heavy atom. The predicted molar refractivity (Wildman–Crippen MR) is 116 cm³/mol. The fourth-order valence-electron chi connectivity index (χ4n) is 2.64. The smallest absolute Gasteiger partial charge is 0.329 e. The van der Waals surface area contributed by atoms with Crippen molar-refractivity contribution in [3.8, 4) is 5.75 Å². The molecule has 3 aromatic rings.